The van der Waals surface area contributed by atoms with Crippen molar-refractivity contribution in [3.05, 3.63) is 178 Å². The number of halogens is 1. The molecule has 0 radical (unpaired) electrons. The highest BCUT2D eigenvalue weighted by Crippen LogP contribution is 2.41. The van der Waals surface area contributed by atoms with Crippen LogP contribution in [0.1, 0.15) is 39.8 Å². The molecular formula is C55H59ClN2O8. The molecule has 10 nitrogen and oxygen atoms in total. The molecule has 0 amide bonds. The lowest BCUT2D eigenvalue weighted by atomic mass is 9.92. The van der Waals surface area contributed by atoms with Crippen LogP contribution in [0, 0.1) is 0 Å². The van der Waals surface area contributed by atoms with E-state index in [1.807, 2.05) is 72.8 Å². The average Bonchev–Trinajstić information content (AvgIpc) is 3.33. The van der Waals surface area contributed by atoms with Crippen LogP contribution in [0.2, 0.25) is 0 Å². The van der Waals surface area contributed by atoms with Crippen molar-refractivity contribution in [1.82, 2.24) is 9.80 Å². The van der Waals surface area contributed by atoms with Gasteiger partial charge in [0.15, 0.2) is 0 Å². The van der Waals surface area contributed by atoms with Gasteiger partial charge in [-0.15, -0.1) is 38.7 Å². The second-order valence-electron chi connectivity index (χ2n) is 16.5. The minimum atomic E-state index is -0.370. The molecule has 2 aliphatic rings. The van der Waals surface area contributed by atoms with Gasteiger partial charge in [-0.2, -0.15) is 0 Å². The van der Waals surface area contributed by atoms with Crippen LogP contribution in [0.15, 0.2) is 142 Å². The van der Waals surface area contributed by atoms with Gasteiger partial charge < -0.3 is 27.8 Å². The Morgan fingerprint density at radius 2 is 0.909 bits per heavy atom. The maximum absolute atomic E-state index is 14.1. The minimum Gasteiger partial charge on any atom is -0.493 e. The van der Waals surface area contributed by atoms with Crippen molar-refractivity contribution in [2.45, 2.75) is 45.2 Å². The number of allylic oxidation sites excluding steroid dienone is 4. The Kier molecular flexibility index (Phi) is 16.7. The fraction of sp³-hybridized carbons (Fsp3) is 0.309. The predicted octanol–water partition coefficient (Wildman–Crippen LogP) is 10.1. The lowest BCUT2D eigenvalue weighted by Gasteiger charge is -2.27. The number of rotatable bonds is 20. The van der Waals surface area contributed by atoms with Gasteiger partial charge in [0.1, 0.15) is 22.7 Å². The third-order valence-corrected chi connectivity index (χ3v) is 12.1. The molecule has 4 heterocycles. The van der Waals surface area contributed by atoms with E-state index in [1.165, 1.54) is 0 Å². The number of hydrogen-bond donors (Lipinski definition) is 0. The molecule has 11 heteroatoms. The van der Waals surface area contributed by atoms with E-state index in [4.69, 9.17) is 27.8 Å². The summed E-state index contributed by atoms with van der Waals surface area (Å²) in [4.78, 5) is 32.6. The monoisotopic (exact) mass is 910 g/mol. The van der Waals surface area contributed by atoms with E-state index in [2.05, 4.69) is 48.2 Å². The molecule has 0 bridgehead atoms. The van der Waals surface area contributed by atoms with Crippen LogP contribution in [-0.2, 0) is 48.2 Å². The Morgan fingerprint density at radius 3 is 1.27 bits per heavy atom. The average molecular weight is 912 g/mol. The van der Waals surface area contributed by atoms with Gasteiger partial charge in [-0.1, -0.05) is 85.0 Å². The van der Waals surface area contributed by atoms with Crippen molar-refractivity contribution in [3.63, 3.8) is 0 Å². The number of nitrogens with zero attached hydrogens (tertiary/aromatic N) is 2. The lowest BCUT2D eigenvalue weighted by Crippen LogP contribution is -2.37. The van der Waals surface area contributed by atoms with Crippen LogP contribution in [0.25, 0.3) is 44.2 Å². The van der Waals surface area contributed by atoms with E-state index in [0.29, 0.717) is 119 Å². The van der Waals surface area contributed by atoms with Gasteiger partial charge in [0.2, 0.25) is 0 Å². The SMILES string of the molecule is C=CCc1cc2c(-c3ccccc3)c(CN3CCOCC3)c(=O)oc2c(CC=C)c1OCCCOc1c(CC=C)cc2c(-c3ccccc3)c(CN3CCOCC3)c(=O)oc2c1CC=C.Cl. The molecule has 0 spiro atoms. The Morgan fingerprint density at radius 1 is 0.530 bits per heavy atom. The Labute approximate surface area is 392 Å². The van der Waals surface area contributed by atoms with E-state index >= 15 is 0 Å². The van der Waals surface area contributed by atoms with Crippen molar-refractivity contribution in [3.8, 4) is 33.8 Å². The standard InChI is InChI=1S/C55H58N2O8.ClH/c1-5-16-40-34-44-48(38-20-11-9-12-21-38)46(36-56-24-30-60-31-25-56)54(58)64-52(44)42(18-7-3)50(40)62-28-15-29-63-51-41(17-6-2)35-45-49(39-22-13-10-14-23-39)47(37-57-26-32-61-33-27-57)55(59)65-53(45)43(51)19-8-4;/h5-14,20-23,34-35H,1-4,15-19,24-33,36-37H2;1H. The molecule has 0 unspecified atom stereocenters. The molecular weight excluding hydrogens is 852 g/mol. The predicted molar refractivity (Wildman–Crippen MR) is 266 cm³/mol. The van der Waals surface area contributed by atoms with Gasteiger partial charge in [-0.25, -0.2) is 9.59 Å². The van der Waals surface area contributed by atoms with Crippen LogP contribution >= 0.6 is 12.4 Å². The highest BCUT2D eigenvalue weighted by molar-refractivity contribution is 5.99. The first-order valence-corrected chi connectivity index (χ1v) is 22.6. The van der Waals surface area contributed by atoms with Crippen LogP contribution in [0.5, 0.6) is 11.5 Å². The number of benzene rings is 4. The molecule has 2 aromatic heterocycles. The molecule has 6 aromatic rings. The number of fused-ring (bicyclic) bond motifs is 2. The summed E-state index contributed by atoms with van der Waals surface area (Å²) in [6, 6.07) is 24.2. The maximum Gasteiger partial charge on any atom is 0.341 e. The number of hydrogen-bond acceptors (Lipinski definition) is 10. The van der Waals surface area contributed by atoms with Gasteiger partial charge >= 0.3 is 11.3 Å². The second-order valence-corrected chi connectivity index (χ2v) is 16.5. The molecule has 2 fully saturated rings. The maximum atomic E-state index is 14.1. The number of morpholine rings is 2. The van der Waals surface area contributed by atoms with Crippen molar-refractivity contribution in [2.24, 2.45) is 0 Å². The Hall–Kier alpha value is -6.01. The lowest BCUT2D eigenvalue weighted by molar-refractivity contribution is 0.0338. The van der Waals surface area contributed by atoms with E-state index in [1.54, 1.807) is 12.2 Å². The molecule has 4 aromatic carbocycles. The van der Waals surface area contributed by atoms with Crippen LogP contribution in [0.3, 0.4) is 0 Å². The Balaban J connectivity index is 0.00000648. The quantitative estimate of drug-likeness (QED) is 0.0418. The van der Waals surface area contributed by atoms with E-state index in [-0.39, 0.29) is 23.7 Å². The van der Waals surface area contributed by atoms with Crippen LogP contribution in [0.4, 0.5) is 0 Å². The zero-order chi connectivity index (χ0) is 45.1. The summed E-state index contributed by atoms with van der Waals surface area (Å²) >= 11 is 0. The summed E-state index contributed by atoms with van der Waals surface area (Å²) in [5.41, 5.74) is 8.47. The Bertz CT molecular complexity index is 2600. The third kappa shape index (κ3) is 10.5. The molecule has 2 aliphatic heterocycles. The summed E-state index contributed by atoms with van der Waals surface area (Å²) < 4.78 is 37.1. The first-order valence-electron chi connectivity index (χ1n) is 22.6. The molecule has 344 valence electrons. The molecule has 0 saturated carbocycles. The highest BCUT2D eigenvalue weighted by atomic mass is 35.5. The molecule has 8 rings (SSSR count). The fourth-order valence-corrected chi connectivity index (χ4v) is 9.13. The van der Waals surface area contributed by atoms with Crippen molar-refractivity contribution >= 4 is 34.3 Å². The van der Waals surface area contributed by atoms with E-state index in [9.17, 15) is 9.59 Å². The van der Waals surface area contributed by atoms with Crippen LogP contribution < -0.4 is 20.7 Å². The first kappa shape index (κ1) is 47.9. The molecule has 66 heavy (non-hydrogen) atoms. The largest absolute Gasteiger partial charge is 0.493 e. The second kappa shape index (κ2) is 22.9. The number of ether oxygens (including phenoxy) is 4. The molecule has 0 N–H and O–H groups in total. The van der Waals surface area contributed by atoms with Crippen molar-refractivity contribution < 1.29 is 27.8 Å². The molecule has 0 atom stereocenters. The normalized spacial score (nSPS) is 14.4. The zero-order valence-electron chi connectivity index (χ0n) is 37.7. The first-order chi connectivity index (χ1) is 31.9. The van der Waals surface area contributed by atoms with Crippen molar-refractivity contribution in [2.75, 3.05) is 65.8 Å². The van der Waals surface area contributed by atoms with Crippen molar-refractivity contribution in [1.29, 1.82) is 0 Å². The molecule has 2 saturated heterocycles. The summed E-state index contributed by atoms with van der Waals surface area (Å²) in [5, 5.41) is 1.69. The van der Waals surface area contributed by atoms with Gasteiger partial charge in [-0.3, -0.25) is 9.80 Å². The van der Waals surface area contributed by atoms with Gasteiger partial charge in [-0.05, 0) is 60.1 Å². The smallest absolute Gasteiger partial charge is 0.341 e. The van der Waals surface area contributed by atoms with Gasteiger partial charge in [0.05, 0.1) is 50.8 Å². The summed E-state index contributed by atoms with van der Waals surface area (Å²) in [7, 11) is 0. The fourth-order valence-electron chi connectivity index (χ4n) is 9.13. The van der Waals surface area contributed by atoms with Crippen LogP contribution in [-0.4, -0.2) is 75.6 Å². The van der Waals surface area contributed by atoms with E-state index < -0.39 is 0 Å². The third-order valence-electron chi connectivity index (χ3n) is 12.1. The summed E-state index contributed by atoms with van der Waals surface area (Å²) in [6.45, 7) is 23.2. The van der Waals surface area contributed by atoms with E-state index in [0.717, 1.165) is 81.5 Å². The molecule has 0 aliphatic carbocycles. The van der Waals surface area contributed by atoms with Gasteiger partial charge in [0, 0.05) is 78.7 Å². The topological polar surface area (TPSA) is 104 Å². The summed E-state index contributed by atoms with van der Waals surface area (Å²) in [6.07, 6.45) is 9.77. The summed E-state index contributed by atoms with van der Waals surface area (Å²) in [5.74, 6) is 1.29. The van der Waals surface area contributed by atoms with Gasteiger partial charge in [0.25, 0.3) is 0 Å². The minimum absolute atomic E-state index is 0. The highest BCUT2D eigenvalue weighted by Gasteiger charge is 2.27. The zero-order valence-corrected chi connectivity index (χ0v) is 38.5.